The molecule has 5 nitrogen and oxygen atoms in total. The van der Waals surface area contributed by atoms with Crippen LogP contribution in [0.15, 0.2) is 72.9 Å². The fraction of sp³-hybridized carbons (Fsp3) is 0.0526. The van der Waals surface area contributed by atoms with Crippen LogP contribution in [0.3, 0.4) is 0 Å². The molecule has 0 aliphatic carbocycles. The van der Waals surface area contributed by atoms with Crippen LogP contribution in [-0.4, -0.2) is 16.8 Å². The molecule has 3 rings (SSSR count). The molecule has 120 valence electrons. The molecule has 1 heterocycles. The van der Waals surface area contributed by atoms with Gasteiger partial charge in [-0.25, -0.2) is 0 Å². The van der Waals surface area contributed by atoms with E-state index in [0.717, 1.165) is 16.7 Å². The summed E-state index contributed by atoms with van der Waals surface area (Å²) in [6.07, 6.45) is 1.84. The van der Waals surface area contributed by atoms with E-state index in [0.29, 0.717) is 5.69 Å². The van der Waals surface area contributed by atoms with Gasteiger partial charge in [0.05, 0.1) is 6.42 Å². The highest BCUT2D eigenvalue weighted by molar-refractivity contribution is 5.93. The minimum atomic E-state index is -0.382. The summed E-state index contributed by atoms with van der Waals surface area (Å²) in [4.78, 5) is 26.4. The third-order valence-electron chi connectivity index (χ3n) is 3.58. The lowest BCUT2D eigenvalue weighted by Crippen LogP contribution is -2.42. The van der Waals surface area contributed by atoms with Gasteiger partial charge in [0, 0.05) is 6.20 Å². The third-order valence-corrected chi connectivity index (χ3v) is 3.58. The average molecular weight is 319 g/mol. The van der Waals surface area contributed by atoms with Crippen LogP contribution in [0.1, 0.15) is 16.1 Å². The Labute approximate surface area is 139 Å². The smallest absolute Gasteiger partial charge is 0.286 e. The molecular formula is C19H17N3O2. The molecule has 24 heavy (non-hydrogen) atoms. The van der Waals surface area contributed by atoms with Gasteiger partial charge in [-0.2, -0.15) is 0 Å². The van der Waals surface area contributed by atoms with E-state index in [1.807, 2.05) is 54.6 Å². The lowest BCUT2D eigenvalue weighted by atomic mass is 10.0. The summed E-state index contributed by atoms with van der Waals surface area (Å²) in [6, 6.07) is 21.2. The van der Waals surface area contributed by atoms with Crippen LogP contribution in [0.25, 0.3) is 11.1 Å². The van der Waals surface area contributed by atoms with Gasteiger partial charge in [0.15, 0.2) is 0 Å². The zero-order chi connectivity index (χ0) is 16.8. The van der Waals surface area contributed by atoms with Crippen LogP contribution >= 0.6 is 0 Å². The maximum Gasteiger partial charge on any atom is 0.286 e. The minimum absolute atomic E-state index is 0.195. The third kappa shape index (κ3) is 3.89. The zero-order valence-corrected chi connectivity index (χ0v) is 13.0. The Morgan fingerprint density at radius 1 is 0.792 bits per heavy atom. The van der Waals surface area contributed by atoms with Crippen LogP contribution in [0.5, 0.6) is 0 Å². The molecule has 0 atom stereocenters. The summed E-state index contributed by atoms with van der Waals surface area (Å²) in [6.45, 7) is 0. The van der Waals surface area contributed by atoms with Gasteiger partial charge in [-0.1, -0.05) is 54.6 Å². The van der Waals surface area contributed by atoms with Gasteiger partial charge >= 0.3 is 0 Å². The maximum absolute atomic E-state index is 11.9. The first kappa shape index (κ1) is 15.6. The first-order chi connectivity index (χ1) is 11.7. The van der Waals surface area contributed by atoms with Crippen LogP contribution in [0.2, 0.25) is 0 Å². The number of benzene rings is 2. The molecule has 1 aromatic heterocycles. The van der Waals surface area contributed by atoms with Gasteiger partial charge in [-0.3, -0.25) is 20.4 Å². The molecule has 0 saturated heterocycles. The molecule has 0 bridgehead atoms. The van der Waals surface area contributed by atoms with Crippen molar-refractivity contribution in [3.05, 3.63) is 84.2 Å². The average Bonchev–Trinajstić information content (AvgIpc) is 3.16. The first-order valence-electron chi connectivity index (χ1n) is 7.59. The number of hydrogen-bond donors (Lipinski definition) is 3. The first-order valence-corrected chi connectivity index (χ1v) is 7.59. The Bertz CT molecular complexity index is 810. The quantitative estimate of drug-likeness (QED) is 0.647. The van der Waals surface area contributed by atoms with E-state index in [2.05, 4.69) is 15.8 Å². The van der Waals surface area contributed by atoms with E-state index < -0.39 is 0 Å². The standard InChI is InChI=1S/C19H17N3O2/c23-18(21-22-19(24)17-7-4-12-20-17)13-14-8-10-16(11-9-14)15-5-2-1-3-6-15/h1-12,20H,13H2,(H,21,23)(H,22,24). The highest BCUT2D eigenvalue weighted by Crippen LogP contribution is 2.19. The molecule has 0 spiro atoms. The number of nitrogens with one attached hydrogen (secondary N) is 3. The SMILES string of the molecule is O=C(Cc1ccc(-c2ccccc2)cc1)NNC(=O)c1ccc[nH]1. The van der Waals surface area contributed by atoms with E-state index in [9.17, 15) is 9.59 Å². The van der Waals surface area contributed by atoms with Gasteiger partial charge in [0.1, 0.15) is 5.69 Å². The number of H-pyrrole nitrogens is 1. The predicted octanol–water partition coefficient (Wildman–Crippen LogP) is 2.69. The van der Waals surface area contributed by atoms with Crippen LogP contribution in [0, 0.1) is 0 Å². The Balaban J connectivity index is 1.54. The zero-order valence-electron chi connectivity index (χ0n) is 13.0. The van der Waals surface area contributed by atoms with Gasteiger partial charge in [-0.15, -0.1) is 0 Å². The number of hydrazine groups is 1. The molecule has 0 aliphatic rings. The van der Waals surface area contributed by atoms with Crippen molar-refractivity contribution in [2.24, 2.45) is 0 Å². The second-order valence-electron chi connectivity index (χ2n) is 5.33. The van der Waals surface area contributed by atoms with Crippen molar-refractivity contribution in [3.8, 4) is 11.1 Å². The summed E-state index contributed by atoms with van der Waals surface area (Å²) in [5, 5.41) is 0. The molecule has 0 saturated carbocycles. The molecule has 2 aromatic carbocycles. The van der Waals surface area contributed by atoms with E-state index >= 15 is 0 Å². The van der Waals surface area contributed by atoms with Crippen molar-refractivity contribution in [3.63, 3.8) is 0 Å². The number of rotatable bonds is 4. The Hall–Kier alpha value is -3.34. The lowest BCUT2D eigenvalue weighted by Gasteiger charge is -2.07. The van der Waals surface area contributed by atoms with Crippen molar-refractivity contribution in [1.82, 2.24) is 15.8 Å². The monoisotopic (exact) mass is 319 g/mol. The van der Waals surface area contributed by atoms with Crippen LogP contribution in [-0.2, 0) is 11.2 Å². The van der Waals surface area contributed by atoms with E-state index in [1.165, 1.54) is 0 Å². The second kappa shape index (κ2) is 7.28. The van der Waals surface area contributed by atoms with Gasteiger partial charge in [0.25, 0.3) is 5.91 Å². The molecular weight excluding hydrogens is 302 g/mol. The fourth-order valence-corrected chi connectivity index (χ4v) is 2.34. The number of hydrogen-bond acceptors (Lipinski definition) is 2. The number of aromatic amines is 1. The van der Waals surface area contributed by atoms with Crippen molar-refractivity contribution in [1.29, 1.82) is 0 Å². The van der Waals surface area contributed by atoms with E-state index in [1.54, 1.807) is 18.3 Å². The highest BCUT2D eigenvalue weighted by atomic mass is 16.2. The molecule has 5 heteroatoms. The highest BCUT2D eigenvalue weighted by Gasteiger charge is 2.08. The number of carbonyl (C=O) groups is 2. The summed E-state index contributed by atoms with van der Waals surface area (Å²) in [5.41, 5.74) is 8.28. The summed E-state index contributed by atoms with van der Waals surface area (Å²) >= 11 is 0. The molecule has 0 aliphatic heterocycles. The normalized spacial score (nSPS) is 10.2. The van der Waals surface area contributed by atoms with Gasteiger partial charge < -0.3 is 4.98 Å². The second-order valence-corrected chi connectivity index (χ2v) is 5.33. The van der Waals surface area contributed by atoms with Gasteiger partial charge in [0.2, 0.25) is 5.91 Å². The predicted molar refractivity (Wildman–Crippen MR) is 92.0 cm³/mol. The number of carbonyl (C=O) groups excluding carboxylic acids is 2. The van der Waals surface area contributed by atoms with Crippen molar-refractivity contribution in [2.75, 3.05) is 0 Å². The minimum Gasteiger partial charge on any atom is -0.357 e. The van der Waals surface area contributed by atoms with Crippen molar-refractivity contribution >= 4 is 11.8 Å². The molecule has 0 fully saturated rings. The lowest BCUT2D eigenvalue weighted by molar-refractivity contribution is -0.121. The molecule has 3 aromatic rings. The van der Waals surface area contributed by atoms with Crippen molar-refractivity contribution in [2.45, 2.75) is 6.42 Å². The Morgan fingerprint density at radius 2 is 1.50 bits per heavy atom. The maximum atomic E-state index is 11.9. The molecule has 2 amide bonds. The van der Waals surface area contributed by atoms with Crippen molar-refractivity contribution < 1.29 is 9.59 Å². The Kier molecular flexibility index (Phi) is 4.72. The number of aromatic nitrogens is 1. The molecule has 3 N–H and O–H groups in total. The molecule has 0 radical (unpaired) electrons. The topological polar surface area (TPSA) is 74.0 Å². The summed E-state index contributed by atoms with van der Waals surface area (Å²) < 4.78 is 0. The molecule has 0 unspecified atom stereocenters. The van der Waals surface area contributed by atoms with Gasteiger partial charge in [-0.05, 0) is 28.8 Å². The van der Waals surface area contributed by atoms with E-state index in [4.69, 9.17) is 0 Å². The largest absolute Gasteiger partial charge is 0.357 e. The number of amides is 2. The van der Waals surface area contributed by atoms with Crippen LogP contribution < -0.4 is 10.9 Å². The summed E-state index contributed by atoms with van der Waals surface area (Å²) in [5.74, 6) is -0.657. The van der Waals surface area contributed by atoms with E-state index in [-0.39, 0.29) is 18.2 Å². The van der Waals surface area contributed by atoms with Crippen LogP contribution in [0.4, 0.5) is 0 Å². The Morgan fingerprint density at radius 3 is 2.17 bits per heavy atom. The fourth-order valence-electron chi connectivity index (χ4n) is 2.34. The summed E-state index contributed by atoms with van der Waals surface area (Å²) in [7, 11) is 0.